The van der Waals surface area contributed by atoms with Crippen LogP contribution >= 0.6 is 0 Å². The monoisotopic (exact) mass is 282 g/mol. The Kier molecular flexibility index (Phi) is 7.26. The van der Waals surface area contributed by atoms with E-state index < -0.39 is 4.92 Å². The molecule has 1 heterocycles. The second-order valence-electron chi connectivity index (χ2n) is 4.52. The van der Waals surface area contributed by atoms with Gasteiger partial charge in [-0.3, -0.25) is 15.5 Å². The van der Waals surface area contributed by atoms with Gasteiger partial charge in [-0.05, 0) is 6.42 Å². The van der Waals surface area contributed by atoms with E-state index in [0.717, 1.165) is 19.0 Å². The maximum absolute atomic E-state index is 10.9. The number of anilines is 2. The van der Waals surface area contributed by atoms with E-state index in [9.17, 15) is 10.1 Å². The largest absolute Gasteiger partial charge is 0.364 e. The molecule has 1 aromatic rings. The first-order valence-corrected chi connectivity index (χ1v) is 6.91. The van der Waals surface area contributed by atoms with Gasteiger partial charge in [0.05, 0.1) is 4.92 Å². The Balaban J connectivity index is 2.43. The Morgan fingerprint density at radius 3 is 2.65 bits per heavy atom. The molecule has 112 valence electrons. The number of hydrogen-bond acceptors (Lipinski definition) is 7. The minimum absolute atomic E-state index is 0.144. The maximum atomic E-state index is 10.9. The molecule has 1 rings (SSSR count). The second-order valence-corrected chi connectivity index (χ2v) is 4.52. The van der Waals surface area contributed by atoms with E-state index in [1.165, 1.54) is 25.7 Å². The van der Waals surface area contributed by atoms with Crippen LogP contribution < -0.4 is 16.6 Å². The highest BCUT2D eigenvalue weighted by atomic mass is 16.6. The van der Waals surface area contributed by atoms with Gasteiger partial charge in [-0.15, -0.1) is 0 Å². The van der Waals surface area contributed by atoms with Crippen molar-refractivity contribution in [2.24, 2.45) is 5.84 Å². The van der Waals surface area contributed by atoms with Crippen LogP contribution in [-0.4, -0.2) is 21.4 Å². The Morgan fingerprint density at radius 1 is 1.30 bits per heavy atom. The van der Waals surface area contributed by atoms with Gasteiger partial charge >= 0.3 is 5.69 Å². The van der Waals surface area contributed by atoms with Crippen molar-refractivity contribution >= 4 is 17.5 Å². The quantitative estimate of drug-likeness (QED) is 0.261. The molecule has 0 bridgehead atoms. The van der Waals surface area contributed by atoms with Crippen molar-refractivity contribution in [1.29, 1.82) is 0 Å². The fraction of sp³-hybridized carbons (Fsp3) is 0.667. The van der Waals surface area contributed by atoms with E-state index in [-0.39, 0.29) is 17.5 Å². The summed E-state index contributed by atoms with van der Waals surface area (Å²) in [6.07, 6.45) is 8.12. The molecule has 0 aliphatic rings. The van der Waals surface area contributed by atoms with Crippen molar-refractivity contribution in [3.05, 3.63) is 16.3 Å². The number of hydrogen-bond donors (Lipinski definition) is 3. The number of aromatic nitrogens is 2. The van der Waals surface area contributed by atoms with E-state index in [1.807, 2.05) is 0 Å². The van der Waals surface area contributed by atoms with Crippen molar-refractivity contribution < 1.29 is 4.92 Å². The standard InChI is InChI=1S/C12H22N6O2/c1-2-3-4-5-6-7-8-14-11-10(18(19)20)9-15-12(16-11)17-13/h9H,2-8,13H2,1H3,(H2,14,15,16,17). The van der Waals surface area contributed by atoms with E-state index in [2.05, 4.69) is 27.6 Å². The Hall–Kier alpha value is -1.96. The summed E-state index contributed by atoms with van der Waals surface area (Å²) in [6, 6.07) is 0. The van der Waals surface area contributed by atoms with Crippen molar-refractivity contribution in [2.75, 3.05) is 17.3 Å². The number of hydrazine groups is 1. The van der Waals surface area contributed by atoms with Crippen molar-refractivity contribution in [3.63, 3.8) is 0 Å². The molecule has 0 fully saturated rings. The topological polar surface area (TPSA) is 119 Å². The maximum Gasteiger partial charge on any atom is 0.329 e. The van der Waals surface area contributed by atoms with Crippen LogP contribution in [0.15, 0.2) is 6.20 Å². The number of nitrogens with one attached hydrogen (secondary N) is 2. The van der Waals surface area contributed by atoms with Gasteiger partial charge in [0.1, 0.15) is 6.20 Å². The fourth-order valence-electron chi connectivity index (χ4n) is 1.82. The van der Waals surface area contributed by atoms with E-state index >= 15 is 0 Å². The lowest BCUT2D eigenvalue weighted by molar-refractivity contribution is -0.384. The number of unbranched alkanes of at least 4 members (excludes halogenated alkanes) is 5. The lowest BCUT2D eigenvalue weighted by Gasteiger charge is -2.07. The van der Waals surface area contributed by atoms with Crippen molar-refractivity contribution in [3.8, 4) is 0 Å². The summed E-state index contributed by atoms with van der Waals surface area (Å²) in [7, 11) is 0. The van der Waals surface area contributed by atoms with Crippen LogP contribution in [0.4, 0.5) is 17.5 Å². The molecule has 0 aliphatic carbocycles. The Morgan fingerprint density at radius 2 is 2.00 bits per heavy atom. The minimum Gasteiger partial charge on any atom is -0.364 e. The molecule has 0 radical (unpaired) electrons. The molecule has 0 aromatic carbocycles. The van der Waals surface area contributed by atoms with Gasteiger partial charge in [0.2, 0.25) is 11.8 Å². The zero-order chi connectivity index (χ0) is 14.8. The molecule has 8 heteroatoms. The summed E-state index contributed by atoms with van der Waals surface area (Å²) in [5.41, 5.74) is 2.13. The zero-order valence-corrected chi connectivity index (χ0v) is 11.8. The molecule has 0 saturated carbocycles. The second kappa shape index (κ2) is 9.03. The van der Waals surface area contributed by atoms with Gasteiger partial charge in [-0.2, -0.15) is 4.98 Å². The molecule has 4 N–H and O–H groups in total. The fourth-order valence-corrected chi connectivity index (χ4v) is 1.82. The molecule has 1 aromatic heterocycles. The first kappa shape index (κ1) is 16.1. The zero-order valence-electron chi connectivity index (χ0n) is 11.8. The van der Waals surface area contributed by atoms with Gasteiger partial charge < -0.3 is 5.32 Å². The number of nitrogens with two attached hydrogens (primary N) is 1. The number of nitrogens with zero attached hydrogens (tertiary/aromatic N) is 3. The summed E-state index contributed by atoms with van der Waals surface area (Å²) in [4.78, 5) is 18.0. The molecule has 0 unspecified atom stereocenters. The van der Waals surface area contributed by atoms with Gasteiger partial charge in [-0.25, -0.2) is 10.8 Å². The Labute approximate surface area is 118 Å². The highest BCUT2D eigenvalue weighted by Crippen LogP contribution is 2.21. The SMILES string of the molecule is CCCCCCCCNc1nc(NN)ncc1[N+](=O)[O-]. The molecule has 0 spiro atoms. The van der Waals surface area contributed by atoms with Gasteiger partial charge in [0.25, 0.3) is 0 Å². The third-order valence-corrected chi connectivity index (χ3v) is 2.92. The van der Waals surface area contributed by atoms with Crippen LogP contribution in [0, 0.1) is 10.1 Å². The summed E-state index contributed by atoms with van der Waals surface area (Å²) in [5.74, 6) is 5.55. The first-order valence-electron chi connectivity index (χ1n) is 6.91. The summed E-state index contributed by atoms with van der Waals surface area (Å²) in [5, 5.41) is 13.8. The third kappa shape index (κ3) is 5.35. The van der Waals surface area contributed by atoms with E-state index in [4.69, 9.17) is 5.84 Å². The van der Waals surface area contributed by atoms with Crippen LogP contribution in [-0.2, 0) is 0 Å². The predicted octanol–water partition coefficient (Wildman–Crippen LogP) is 2.44. The summed E-state index contributed by atoms with van der Waals surface area (Å²) in [6.45, 7) is 2.83. The van der Waals surface area contributed by atoms with Gasteiger partial charge in [-0.1, -0.05) is 39.0 Å². The van der Waals surface area contributed by atoms with Crippen LogP contribution in [0.2, 0.25) is 0 Å². The van der Waals surface area contributed by atoms with E-state index in [1.54, 1.807) is 0 Å². The normalized spacial score (nSPS) is 10.3. The lowest BCUT2D eigenvalue weighted by atomic mass is 10.1. The first-order chi connectivity index (χ1) is 9.69. The smallest absolute Gasteiger partial charge is 0.329 e. The van der Waals surface area contributed by atoms with Crippen LogP contribution in [0.5, 0.6) is 0 Å². The number of nitrogen functional groups attached to an aromatic ring is 1. The summed E-state index contributed by atoms with van der Waals surface area (Å²) < 4.78 is 0. The average Bonchev–Trinajstić information content (AvgIpc) is 2.45. The van der Waals surface area contributed by atoms with E-state index in [0.29, 0.717) is 6.54 Å². The van der Waals surface area contributed by atoms with Crippen molar-refractivity contribution in [2.45, 2.75) is 45.4 Å². The van der Waals surface area contributed by atoms with Gasteiger partial charge in [0.15, 0.2) is 0 Å². The molecule has 0 aliphatic heterocycles. The molecule has 8 nitrogen and oxygen atoms in total. The molecular weight excluding hydrogens is 260 g/mol. The van der Waals surface area contributed by atoms with Crippen LogP contribution in [0.25, 0.3) is 0 Å². The average molecular weight is 282 g/mol. The highest BCUT2D eigenvalue weighted by molar-refractivity contribution is 5.56. The van der Waals surface area contributed by atoms with Crippen molar-refractivity contribution in [1.82, 2.24) is 9.97 Å². The molecular formula is C12H22N6O2. The summed E-state index contributed by atoms with van der Waals surface area (Å²) >= 11 is 0. The highest BCUT2D eigenvalue weighted by Gasteiger charge is 2.16. The lowest BCUT2D eigenvalue weighted by Crippen LogP contribution is -2.13. The Bertz CT molecular complexity index is 426. The molecule has 0 atom stereocenters. The predicted molar refractivity (Wildman–Crippen MR) is 78.4 cm³/mol. The number of nitro groups is 1. The van der Waals surface area contributed by atoms with Gasteiger partial charge in [0, 0.05) is 6.54 Å². The van der Waals surface area contributed by atoms with Crippen LogP contribution in [0.1, 0.15) is 45.4 Å². The minimum atomic E-state index is -0.510. The van der Waals surface area contributed by atoms with Crippen LogP contribution in [0.3, 0.4) is 0 Å². The number of rotatable bonds is 10. The third-order valence-electron chi connectivity index (χ3n) is 2.92. The molecule has 20 heavy (non-hydrogen) atoms. The molecule has 0 amide bonds. The molecule has 0 saturated heterocycles.